The lowest BCUT2D eigenvalue weighted by Crippen LogP contribution is -2.12. The Morgan fingerprint density at radius 2 is 1.64 bits per heavy atom. The first-order chi connectivity index (χ1) is 13.2. The zero-order chi connectivity index (χ0) is 20.9. The van der Waals surface area contributed by atoms with Crippen molar-refractivity contribution in [3.8, 4) is 11.5 Å². The summed E-state index contributed by atoms with van der Waals surface area (Å²) in [4.78, 5) is 23.0. The molecule has 0 aliphatic carbocycles. The number of carbonyl (C=O) groups is 1. The highest BCUT2D eigenvalue weighted by Crippen LogP contribution is 2.35. The van der Waals surface area contributed by atoms with Gasteiger partial charge in [-0.05, 0) is 35.3 Å². The van der Waals surface area contributed by atoms with Crippen LogP contribution in [0.25, 0.3) is 6.08 Å². The molecule has 2 rings (SSSR count). The predicted molar refractivity (Wildman–Crippen MR) is 109 cm³/mol. The maximum absolute atomic E-state index is 12.2. The zero-order valence-corrected chi connectivity index (χ0v) is 16.6. The number of amides is 1. The number of rotatable bonds is 6. The lowest BCUT2D eigenvalue weighted by atomic mass is 9.87. The first kappa shape index (κ1) is 21.0. The lowest BCUT2D eigenvalue weighted by Gasteiger charge is -2.19. The SMILES string of the molecule is COc1cc(/C=C/C(=O)Nc2ccc(C(C)(C)C)cc2)c([N+](=O)[O-])cc1OC. The molecule has 7 nitrogen and oxygen atoms in total. The molecule has 28 heavy (non-hydrogen) atoms. The van der Waals surface area contributed by atoms with Crippen LogP contribution in [0.15, 0.2) is 42.5 Å². The van der Waals surface area contributed by atoms with E-state index in [4.69, 9.17) is 9.47 Å². The molecule has 0 aliphatic rings. The van der Waals surface area contributed by atoms with Gasteiger partial charge in [-0.2, -0.15) is 0 Å². The van der Waals surface area contributed by atoms with Crippen molar-refractivity contribution in [1.29, 1.82) is 0 Å². The summed E-state index contributed by atoms with van der Waals surface area (Å²) < 4.78 is 10.3. The van der Waals surface area contributed by atoms with Gasteiger partial charge in [0.05, 0.1) is 30.8 Å². The zero-order valence-electron chi connectivity index (χ0n) is 16.6. The second-order valence-electron chi connectivity index (χ2n) is 7.17. The molecule has 0 unspecified atom stereocenters. The summed E-state index contributed by atoms with van der Waals surface area (Å²) in [7, 11) is 2.83. The Morgan fingerprint density at radius 3 is 2.14 bits per heavy atom. The van der Waals surface area contributed by atoms with Crippen molar-refractivity contribution >= 4 is 23.4 Å². The molecular formula is C21H24N2O5. The van der Waals surface area contributed by atoms with Gasteiger partial charge >= 0.3 is 0 Å². The van der Waals surface area contributed by atoms with Crippen LogP contribution in [0.3, 0.4) is 0 Å². The number of methoxy groups -OCH3 is 2. The van der Waals surface area contributed by atoms with E-state index in [2.05, 4.69) is 26.1 Å². The Bertz CT molecular complexity index is 896. The maximum Gasteiger partial charge on any atom is 0.280 e. The van der Waals surface area contributed by atoms with Gasteiger partial charge < -0.3 is 14.8 Å². The summed E-state index contributed by atoms with van der Waals surface area (Å²) in [6.07, 6.45) is 2.62. The van der Waals surface area contributed by atoms with Crippen LogP contribution in [-0.4, -0.2) is 25.1 Å². The normalized spacial score (nSPS) is 11.3. The van der Waals surface area contributed by atoms with Crippen LogP contribution in [0.2, 0.25) is 0 Å². The Balaban J connectivity index is 2.20. The largest absolute Gasteiger partial charge is 0.493 e. The number of nitro groups is 1. The van der Waals surface area contributed by atoms with Crippen LogP contribution >= 0.6 is 0 Å². The van der Waals surface area contributed by atoms with Crippen molar-refractivity contribution in [3.05, 3.63) is 63.7 Å². The standard InChI is InChI=1S/C21H24N2O5/c1-21(2,3)15-7-9-16(10-8-15)22-20(24)11-6-14-12-18(27-4)19(28-5)13-17(14)23(25)26/h6-13H,1-5H3,(H,22,24)/b11-6+. The van der Waals surface area contributed by atoms with Crippen LogP contribution < -0.4 is 14.8 Å². The third-order valence-electron chi connectivity index (χ3n) is 4.16. The molecule has 0 heterocycles. The fourth-order valence-corrected chi connectivity index (χ4v) is 2.58. The van der Waals surface area contributed by atoms with E-state index in [-0.39, 0.29) is 22.4 Å². The second kappa shape index (κ2) is 8.56. The Hall–Kier alpha value is -3.35. The fourth-order valence-electron chi connectivity index (χ4n) is 2.58. The van der Waals surface area contributed by atoms with E-state index in [1.165, 1.54) is 38.5 Å². The van der Waals surface area contributed by atoms with E-state index < -0.39 is 10.8 Å². The molecule has 7 heteroatoms. The summed E-state index contributed by atoms with van der Waals surface area (Å²) in [5.41, 5.74) is 1.87. The van der Waals surface area contributed by atoms with Gasteiger partial charge in [0.2, 0.25) is 5.91 Å². The van der Waals surface area contributed by atoms with Gasteiger partial charge in [-0.25, -0.2) is 0 Å². The molecule has 0 saturated carbocycles. The minimum absolute atomic E-state index is 0.0226. The summed E-state index contributed by atoms with van der Waals surface area (Å²) in [5.74, 6) is 0.188. The predicted octanol–water partition coefficient (Wildman–Crippen LogP) is 4.56. The summed E-state index contributed by atoms with van der Waals surface area (Å²) in [6, 6.07) is 10.3. The van der Waals surface area contributed by atoms with E-state index in [0.717, 1.165) is 5.56 Å². The Morgan fingerprint density at radius 1 is 1.07 bits per heavy atom. The average molecular weight is 384 g/mol. The first-order valence-electron chi connectivity index (χ1n) is 8.65. The van der Waals surface area contributed by atoms with Crippen molar-refractivity contribution in [2.75, 3.05) is 19.5 Å². The highest BCUT2D eigenvalue weighted by atomic mass is 16.6. The van der Waals surface area contributed by atoms with Gasteiger partial charge in [0, 0.05) is 11.8 Å². The van der Waals surface area contributed by atoms with Gasteiger partial charge in [0.1, 0.15) is 0 Å². The molecule has 1 amide bonds. The molecule has 0 saturated heterocycles. The van der Waals surface area contributed by atoms with E-state index in [1.807, 2.05) is 24.3 Å². The summed E-state index contributed by atoms with van der Waals surface area (Å²) in [6.45, 7) is 6.33. The lowest BCUT2D eigenvalue weighted by molar-refractivity contribution is -0.385. The van der Waals surface area contributed by atoms with Gasteiger partial charge in [-0.3, -0.25) is 14.9 Å². The van der Waals surface area contributed by atoms with E-state index in [1.54, 1.807) is 0 Å². The number of benzene rings is 2. The molecule has 2 aromatic carbocycles. The topological polar surface area (TPSA) is 90.7 Å². The molecule has 0 atom stereocenters. The smallest absolute Gasteiger partial charge is 0.280 e. The molecule has 0 radical (unpaired) electrons. The molecule has 0 aliphatic heterocycles. The van der Waals surface area contributed by atoms with Crippen LogP contribution in [0.5, 0.6) is 11.5 Å². The number of anilines is 1. The van der Waals surface area contributed by atoms with Gasteiger partial charge in [0.15, 0.2) is 11.5 Å². The average Bonchev–Trinajstić information content (AvgIpc) is 2.65. The molecule has 0 spiro atoms. The van der Waals surface area contributed by atoms with Crippen LogP contribution in [0, 0.1) is 10.1 Å². The molecule has 0 bridgehead atoms. The number of nitro benzene ring substituents is 1. The van der Waals surface area contributed by atoms with Crippen molar-refractivity contribution in [3.63, 3.8) is 0 Å². The Kier molecular flexibility index (Phi) is 6.41. The summed E-state index contributed by atoms with van der Waals surface area (Å²) >= 11 is 0. The number of carbonyl (C=O) groups excluding carboxylic acids is 1. The van der Waals surface area contributed by atoms with Crippen molar-refractivity contribution in [2.24, 2.45) is 0 Å². The van der Waals surface area contributed by atoms with Crippen molar-refractivity contribution in [1.82, 2.24) is 0 Å². The van der Waals surface area contributed by atoms with Gasteiger partial charge in [-0.1, -0.05) is 32.9 Å². The quantitative estimate of drug-likeness (QED) is 0.448. The monoisotopic (exact) mass is 384 g/mol. The molecule has 148 valence electrons. The number of ether oxygens (including phenoxy) is 2. The first-order valence-corrected chi connectivity index (χ1v) is 8.65. The highest BCUT2D eigenvalue weighted by molar-refractivity contribution is 6.02. The second-order valence-corrected chi connectivity index (χ2v) is 7.17. The number of nitrogens with one attached hydrogen (secondary N) is 1. The van der Waals surface area contributed by atoms with Gasteiger partial charge in [-0.15, -0.1) is 0 Å². The number of nitrogens with zero attached hydrogens (tertiary/aromatic N) is 1. The molecule has 0 fully saturated rings. The van der Waals surface area contributed by atoms with E-state index >= 15 is 0 Å². The number of hydrogen-bond acceptors (Lipinski definition) is 5. The van der Waals surface area contributed by atoms with E-state index in [9.17, 15) is 14.9 Å². The van der Waals surface area contributed by atoms with Crippen LogP contribution in [-0.2, 0) is 10.2 Å². The Labute approximate surface area is 164 Å². The minimum atomic E-state index is -0.537. The van der Waals surface area contributed by atoms with Crippen molar-refractivity contribution in [2.45, 2.75) is 26.2 Å². The minimum Gasteiger partial charge on any atom is -0.493 e. The third kappa shape index (κ3) is 5.09. The summed E-state index contributed by atoms with van der Waals surface area (Å²) in [5, 5.41) is 14.1. The highest BCUT2D eigenvalue weighted by Gasteiger charge is 2.18. The molecule has 2 aromatic rings. The third-order valence-corrected chi connectivity index (χ3v) is 4.16. The van der Waals surface area contributed by atoms with E-state index in [0.29, 0.717) is 11.4 Å². The van der Waals surface area contributed by atoms with Gasteiger partial charge in [0.25, 0.3) is 5.69 Å². The van der Waals surface area contributed by atoms with Crippen LogP contribution in [0.1, 0.15) is 31.9 Å². The fraction of sp³-hybridized carbons (Fsp3) is 0.286. The molecular weight excluding hydrogens is 360 g/mol. The van der Waals surface area contributed by atoms with Crippen molar-refractivity contribution < 1.29 is 19.2 Å². The maximum atomic E-state index is 12.2. The number of hydrogen-bond donors (Lipinski definition) is 1. The molecule has 1 N–H and O–H groups in total. The van der Waals surface area contributed by atoms with Crippen LogP contribution in [0.4, 0.5) is 11.4 Å². The molecule has 0 aromatic heterocycles.